The number of nitrogens with zero attached hydrogens (tertiary/aromatic N) is 5. The van der Waals surface area contributed by atoms with Crippen molar-refractivity contribution in [2.45, 2.75) is 44.1 Å². The molecule has 3 heterocycles. The fourth-order valence-electron chi connectivity index (χ4n) is 2.90. The molecule has 0 amide bonds. The van der Waals surface area contributed by atoms with Crippen LogP contribution in [0.5, 0.6) is 0 Å². The van der Waals surface area contributed by atoms with Gasteiger partial charge in [-0.15, -0.1) is 0 Å². The molecule has 1 saturated heterocycles. The minimum atomic E-state index is -0.0255. The number of aryl methyl sites for hydroxylation is 1. The van der Waals surface area contributed by atoms with E-state index in [1.807, 2.05) is 11.5 Å². The van der Waals surface area contributed by atoms with Gasteiger partial charge in [0.25, 0.3) is 5.56 Å². The second-order valence-corrected chi connectivity index (χ2v) is 8.83. The normalized spacial score (nSPS) is 16.1. The number of piperazine rings is 1. The summed E-state index contributed by atoms with van der Waals surface area (Å²) in [4.78, 5) is 24.6. The highest BCUT2D eigenvalue weighted by Gasteiger charge is 2.24. The first-order valence-electron chi connectivity index (χ1n) is 8.43. The summed E-state index contributed by atoms with van der Waals surface area (Å²) in [5, 5.41) is 4.06. The summed E-state index contributed by atoms with van der Waals surface area (Å²) in [6.07, 6.45) is 0. The zero-order chi connectivity index (χ0) is 17.5. The molecule has 1 aliphatic heterocycles. The summed E-state index contributed by atoms with van der Waals surface area (Å²) in [5.74, 6) is 0.858. The number of hydrogen-bond acceptors (Lipinski definition) is 6. The van der Waals surface area contributed by atoms with Gasteiger partial charge in [-0.3, -0.25) is 9.36 Å². The fourth-order valence-corrected chi connectivity index (χ4v) is 3.80. The van der Waals surface area contributed by atoms with Crippen LogP contribution in [0.4, 0.5) is 5.95 Å². The smallest absolute Gasteiger partial charge is 0.280 e. The van der Waals surface area contributed by atoms with Crippen LogP contribution in [0.25, 0.3) is 11.2 Å². The minimum Gasteiger partial charge on any atom is -0.340 e. The van der Waals surface area contributed by atoms with Gasteiger partial charge >= 0.3 is 0 Å². The second-order valence-electron chi connectivity index (χ2n) is 7.04. The van der Waals surface area contributed by atoms with E-state index < -0.39 is 0 Å². The quantitative estimate of drug-likeness (QED) is 0.668. The molecule has 7 nitrogen and oxygen atoms in total. The van der Waals surface area contributed by atoms with E-state index in [2.05, 4.69) is 31.0 Å². The molecule has 2 aromatic heterocycles. The third-order valence-electron chi connectivity index (χ3n) is 4.04. The van der Waals surface area contributed by atoms with Crippen molar-refractivity contribution in [1.29, 1.82) is 0 Å². The van der Waals surface area contributed by atoms with E-state index in [1.165, 1.54) is 0 Å². The van der Waals surface area contributed by atoms with E-state index >= 15 is 0 Å². The summed E-state index contributed by atoms with van der Waals surface area (Å²) < 4.78 is 3.63. The van der Waals surface area contributed by atoms with Crippen molar-refractivity contribution in [2.75, 3.05) is 31.1 Å². The maximum Gasteiger partial charge on any atom is 0.280 e. The monoisotopic (exact) mass is 350 g/mol. The lowest BCUT2D eigenvalue weighted by molar-refractivity contribution is 0.569. The molecule has 24 heavy (non-hydrogen) atoms. The lowest BCUT2D eigenvalue weighted by Crippen LogP contribution is -2.44. The number of rotatable bonds is 3. The summed E-state index contributed by atoms with van der Waals surface area (Å²) in [7, 11) is 1.79. The third-order valence-corrected chi connectivity index (χ3v) is 5.20. The van der Waals surface area contributed by atoms with Gasteiger partial charge in [-0.25, -0.2) is 4.98 Å². The SMILES string of the molecule is CCn1c(N2CCNCC2)nc2nc(SC(C)(C)C)n(C)c(=O)c21. The molecule has 3 rings (SSSR count). The van der Waals surface area contributed by atoms with Crippen molar-refractivity contribution < 1.29 is 0 Å². The van der Waals surface area contributed by atoms with Gasteiger partial charge in [0.1, 0.15) is 0 Å². The summed E-state index contributed by atoms with van der Waals surface area (Å²) in [5.41, 5.74) is 1.13. The van der Waals surface area contributed by atoms with Gasteiger partial charge < -0.3 is 14.8 Å². The van der Waals surface area contributed by atoms with Gasteiger partial charge in [-0.1, -0.05) is 32.5 Å². The Labute approximate surface area is 146 Å². The molecule has 1 aliphatic rings. The average Bonchev–Trinajstić information content (AvgIpc) is 2.90. The Kier molecular flexibility index (Phi) is 4.61. The number of aromatic nitrogens is 4. The van der Waals surface area contributed by atoms with Crippen LogP contribution in [0.2, 0.25) is 0 Å². The summed E-state index contributed by atoms with van der Waals surface area (Å²) >= 11 is 1.59. The van der Waals surface area contributed by atoms with Gasteiger partial charge in [0.05, 0.1) is 0 Å². The van der Waals surface area contributed by atoms with Gasteiger partial charge in [-0.05, 0) is 6.92 Å². The molecule has 1 N–H and O–H groups in total. The first-order valence-corrected chi connectivity index (χ1v) is 9.25. The van der Waals surface area contributed by atoms with Crippen molar-refractivity contribution in [3.05, 3.63) is 10.4 Å². The van der Waals surface area contributed by atoms with Crippen molar-refractivity contribution in [1.82, 2.24) is 24.4 Å². The van der Waals surface area contributed by atoms with E-state index in [0.29, 0.717) is 22.9 Å². The van der Waals surface area contributed by atoms with Crippen LogP contribution < -0.4 is 15.8 Å². The number of nitrogens with one attached hydrogen (secondary N) is 1. The van der Waals surface area contributed by atoms with Gasteiger partial charge in [0.15, 0.2) is 16.3 Å². The lowest BCUT2D eigenvalue weighted by Gasteiger charge is -2.28. The average molecular weight is 350 g/mol. The highest BCUT2D eigenvalue weighted by Crippen LogP contribution is 2.30. The van der Waals surface area contributed by atoms with E-state index in [0.717, 1.165) is 32.1 Å². The Bertz CT molecular complexity index is 797. The maximum absolute atomic E-state index is 12.9. The molecule has 0 radical (unpaired) electrons. The Balaban J connectivity index is 2.16. The van der Waals surface area contributed by atoms with Crippen LogP contribution in [0.3, 0.4) is 0 Å². The molecule has 0 spiro atoms. The molecule has 0 atom stereocenters. The van der Waals surface area contributed by atoms with Crippen LogP contribution in [0.15, 0.2) is 9.95 Å². The lowest BCUT2D eigenvalue weighted by atomic mass is 10.3. The zero-order valence-electron chi connectivity index (χ0n) is 15.1. The number of thioether (sulfide) groups is 1. The second kappa shape index (κ2) is 6.40. The summed E-state index contributed by atoms with van der Waals surface area (Å²) in [6.45, 7) is 12.8. The molecule has 0 unspecified atom stereocenters. The van der Waals surface area contributed by atoms with Crippen molar-refractivity contribution in [3.63, 3.8) is 0 Å². The van der Waals surface area contributed by atoms with Crippen LogP contribution in [-0.4, -0.2) is 50.0 Å². The molecule has 0 bridgehead atoms. The van der Waals surface area contributed by atoms with Gasteiger partial charge in [0, 0.05) is 44.5 Å². The van der Waals surface area contributed by atoms with Crippen molar-refractivity contribution in [3.8, 4) is 0 Å². The molecule has 2 aromatic rings. The summed E-state index contributed by atoms with van der Waals surface area (Å²) in [6, 6.07) is 0. The Morgan fingerprint density at radius 1 is 1.21 bits per heavy atom. The fraction of sp³-hybridized carbons (Fsp3) is 0.688. The molecule has 0 aliphatic carbocycles. The number of hydrogen-bond donors (Lipinski definition) is 1. The molecule has 132 valence electrons. The largest absolute Gasteiger partial charge is 0.340 e. The van der Waals surface area contributed by atoms with E-state index in [-0.39, 0.29) is 10.3 Å². The van der Waals surface area contributed by atoms with Crippen LogP contribution in [-0.2, 0) is 13.6 Å². The molecule has 8 heteroatoms. The van der Waals surface area contributed by atoms with E-state index in [1.54, 1.807) is 23.4 Å². The first-order chi connectivity index (χ1) is 11.3. The predicted molar refractivity (Wildman–Crippen MR) is 99.1 cm³/mol. The molecule has 1 fully saturated rings. The van der Waals surface area contributed by atoms with Crippen molar-refractivity contribution in [2.24, 2.45) is 7.05 Å². The maximum atomic E-state index is 12.9. The Morgan fingerprint density at radius 2 is 1.88 bits per heavy atom. The highest BCUT2D eigenvalue weighted by molar-refractivity contribution is 8.00. The first kappa shape index (κ1) is 17.3. The van der Waals surface area contributed by atoms with Crippen LogP contribution >= 0.6 is 11.8 Å². The van der Waals surface area contributed by atoms with Gasteiger partial charge in [-0.2, -0.15) is 4.98 Å². The van der Waals surface area contributed by atoms with Crippen LogP contribution in [0, 0.1) is 0 Å². The van der Waals surface area contributed by atoms with E-state index in [9.17, 15) is 4.79 Å². The molecule has 0 aromatic carbocycles. The highest BCUT2D eigenvalue weighted by atomic mass is 32.2. The zero-order valence-corrected chi connectivity index (χ0v) is 15.9. The molecular formula is C16H26N6OS. The Hall–Kier alpha value is -1.54. The molecular weight excluding hydrogens is 324 g/mol. The van der Waals surface area contributed by atoms with Crippen molar-refractivity contribution >= 4 is 28.9 Å². The molecule has 0 saturated carbocycles. The topological polar surface area (TPSA) is 68.0 Å². The third kappa shape index (κ3) is 3.17. The standard InChI is InChI=1S/C16H26N6OS/c1-6-22-11-12(18-14(22)21-9-7-17-8-10-21)19-15(20(5)13(11)23)24-16(2,3)4/h17H,6-10H2,1-5H3. The van der Waals surface area contributed by atoms with Crippen LogP contribution in [0.1, 0.15) is 27.7 Å². The number of anilines is 1. The van der Waals surface area contributed by atoms with Gasteiger partial charge in [0.2, 0.25) is 5.95 Å². The number of fused-ring (bicyclic) bond motifs is 1. The number of imidazole rings is 1. The predicted octanol–water partition coefficient (Wildman–Crippen LogP) is 1.45. The Morgan fingerprint density at radius 3 is 2.46 bits per heavy atom. The minimum absolute atomic E-state index is 0.0143. The van der Waals surface area contributed by atoms with E-state index in [4.69, 9.17) is 9.97 Å².